The first-order valence-corrected chi connectivity index (χ1v) is 5.77. The average molecular weight is 358 g/mol. The van der Waals surface area contributed by atoms with Crippen LogP contribution >= 0.6 is 43.5 Å². The molecule has 7 heteroatoms. The van der Waals surface area contributed by atoms with Crippen molar-refractivity contribution < 1.29 is 9.53 Å². The molecule has 1 aromatic carbocycles. The number of benzene rings is 1. The molecule has 1 aromatic rings. The minimum Gasteiger partial charge on any atom is -0.481 e. The predicted molar refractivity (Wildman–Crippen MR) is 64.7 cm³/mol. The zero-order valence-corrected chi connectivity index (χ0v) is 11.3. The van der Waals surface area contributed by atoms with E-state index in [4.69, 9.17) is 22.2 Å². The molecule has 0 aliphatic rings. The van der Waals surface area contributed by atoms with Crippen LogP contribution in [0.5, 0.6) is 5.75 Å². The van der Waals surface area contributed by atoms with E-state index in [1.54, 1.807) is 12.1 Å². The molecule has 0 heterocycles. The third kappa shape index (κ3) is 3.64. The Bertz CT molecular complexity index is 364. The molecule has 0 unspecified atom stereocenters. The van der Waals surface area contributed by atoms with Crippen LogP contribution in [0.15, 0.2) is 21.1 Å². The van der Waals surface area contributed by atoms with E-state index < -0.39 is 5.91 Å². The van der Waals surface area contributed by atoms with E-state index in [2.05, 4.69) is 31.9 Å². The van der Waals surface area contributed by atoms with Gasteiger partial charge in [-0.3, -0.25) is 10.2 Å². The topological polar surface area (TPSA) is 64.3 Å². The number of ether oxygens (including phenoxy) is 1. The van der Waals surface area contributed by atoms with Gasteiger partial charge in [-0.05, 0) is 44.0 Å². The molecule has 0 spiro atoms. The average Bonchev–Trinajstić information content (AvgIpc) is 2.15. The van der Waals surface area contributed by atoms with E-state index >= 15 is 0 Å². The van der Waals surface area contributed by atoms with Gasteiger partial charge in [-0.1, -0.05) is 11.6 Å². The molecule has 0 saturated heterocycles. The number of carbonyl (C=O) groups excluding carboxylic acids is 1. The van der Waals surface area contributed by atoms with Crippen LogP contribution in [0.1, 0.15) is 0 Å². The van der Waals surface area contributed by atoms with Crippen molar-refractivity contribution in [2.75, 3.05) is 6.61 Å². The summed E-state index contributed by atoms with van der Waals surface area (Å²) in [5, 5.41) is 0.560. The summed E-state index contributed by atoms with van der Waals surface area (Å²) in [6, 6.07) is 3.34. The lowest BCUT2D eigenvalue weighted by molar-refractivity contribution is -0.123. The molecule has 1 rings (SSSR count). The second-order valence-electron chi connectivity index (χ2n) is 2.55. The van der Waals surface area contributed by atoms with Crippen molar-refractivity contribution in [2.24, 2.45) is 5.84 Å². The minimum absolute atomic E-state index is 0.157. The van der Waals surface area contributed by atoms with Crippen LogP contribution in [-0.4, -0.2) is 12.5 Å². The second-order valence-corrected chi connectivity index (χ2v) is 4.70. The first-order valence-electron chi connectivity index (χ1n) is 3.81. The minimum atomic E-state index is -0.413. The molecule has 0 fully saturated rings. The summed E-state index contributed by atoms with van der Waals surface area (Å²) < 4.78 is 6.55. The fourth-order valence-corrected chi connectivity index (χ4v) is 2.74. The lowest BCUT2D eigenvalue weighted by atomic mass is 10.3. The summed E-state index contributed by atoms with van der Waals surface area (Å²) in [7, 11) is 0. The van der Waals surface area contributed by atoms with Gasteiger partial charge >= 0.3 is 0 Å². The zero-order valence-electron chi connectivity index (χ0n) is 7.39. The lowest BCUT2D eigenvalue weighted by Gasteiger charge is -2.09. The lowest BCUT2D eigenvalue weighted by Crippen LogP contribution is -2.34. The SMILES string of the molecule is NNC(=O)COc1c(Br)cc(Cl)cc1Br. The van der Waals surface area contributed by atoms with E-state index in [0.29, 0.717) is 19.7 Å². The van der Waals surface area contributed by atoms with Crippen molar-refractivity contribution in [2.45, 2.75) is 0 Å². The van der Waals surface area contributed by atoms with Gasteiger partial charge in [0, 0.05) is 5.02 Å². The van der Waals surface area contributed by atoms with Crippen LogP contribution in [0.4, 0.5) is 0 Å². The number of nitrogens with two attached hydrogens (primary N) is 1. The van der Waals surface area contributed by atoms with E-state index in [-0.39, 0.29) is 6.61 Å². The van der Waals surface area contributed by atoms with Gasteiger partial charge < -0.3 is 4.74 Å². The van der Waals surface area contributed by atoms with E-state index in [9.17, 15) is 4.79 Å². The van der Waals surface area contributed by atoms with Gasteiger partial charge in [-0.25, -0.2) is 5.84 Å². The zero-order chi connectivity index (χ0) is 11.4. The highest BCUT2D eigenvalue weighted by atomic mass is 79.9. The maximum absolute atomic E-state index is 10.9. The monoisotopic (exact) mass is 356 g/mol. The van der Waals surface area contributed by atoms with E-state index in [0.717, 1.165) is 0 Å². The fourth-order valence-electron chi connectivity index (χ4n) is 0.846. The largest absolute Gasteiger partial charge is 0.481 e. The number of nitrogens with one attached hydrogen (secondary N) is 1. The quantitative estimate of drug-likeness (QED) is 0.495. The number of amides is 1. The maximum Gasteiger partial charge on any atom is 0.271 e. The molecule has 1 amide bonds. The van der Waals surface area contributed by atoms with Crippen molar-refractivity contribution in [3.05, 3.63) is 26.1 Å². The molecule has 0 bridgehead atoms. The Hall–Kier alpha value is -0.300. The molecule has 0 atom stereocenters. The van der Waals surface area contributed by atoms with Gasteiger partial charge in [0.25, 0.3) is 5.91 Å². The summed E-state index contributed by atoms with van der Waals surface area (Å²) in [6.07, 6.45) is 0. The van der Waals surface area contributed by atoms with Gasteiger partial charge in [-0.15, -0.1) is 0 Å². The van der Waals surface area contributed by atoms with Crippen molar-refractivity contribution in [1.82, 2.24) is 5.43 Å². The molecule has 0 aliphatic heterocycles. The smallest absolute Gasteiger partial charge is 0.271 e. The Morgan fingerprint density at radius 2 is 2.00 bits per heavy atom. The standard InChI is InChI=1S/C8H7Br2ClN2O2/c9-5-1-4(11)2-6(10)8(5)15-3-7(14)13-12/h1-2H,3,12H2,(H,13,14). The number of rotatable bonds is 3. The Morgan fingerprint density at radius 3 is 2.47 bits per heavy atom. The van der Waals surface area contributed by atoms with Gasteiger partial charge in [-0.2, -0.15) is 0 Å². The number of hydrogen-bond acceptors (Lipinski definition) is 3. The summed E-state index contributed by atoms with van der Waals surface area (Å²) in [5.41, 5.74) is 1.96. The van der Waals surface area contributed by atoms with Crippen LogP contribution in [0.2, 0.25) is 5.02 Å². The normalized spacial score (nSPS) is 9.87. The van der Waals surface area contributed by atoms with Crippen molar-refractivity contribution >= 4 is 49.4 Å². The van der Waals surface area contributed by atoms with Gasteiger partial charge in [0.05, 0.1) is 8.95 Å². The van der Waals surface area contributed by atoms with Crippen LogP contribution in [0.25, 0.3) is 0 Å². The molecule has 0 aliphatic carbocycles. The maximum atomic E-state index is 10.9. The summed E-state index contributed by atoms with van der Waals surface area (Å²) in [4.78, 5) is 10.9. The molecule has 0 saturated carbocycles. The van der Waals surface area contributed by atoms with Crippen LogP contribution in [0, 0.1) is 0 Å². The molecular weight excluding hydrogens is 351 g/mol. The predicted octanol–water partition coefficient (Wildman–Crippen LogP) is 2.23. The third-order valence-corrected chi connectivity index (χ3v) is 2.87. The van der Waals surface area contributed by atoms with Crippen LogP contribution in [-0.2, 0) is 4.79 Å². The van der Waals surface area contributed by atoms with Gasteiger partial charge in [0.2, 0.25) is 0 Å². The van der Waals surface area contributed by atoms with Gasteiger partial charge in [0.15, 0.2) is 6.61 Å². The van der Waals surface area contributed by atoms with Gasteiger partial charge in [0.1, 0.15) is 5.75 Å². The summed E-state index contributed by atoms with van der Waals surface area (Å²) in [5.74, 6) is 5.00. The summed E-state index contributed by atoms with van der Waals surface area (Å²) >= 11 is 12.3. The summed E-state index contributed by atoms with van der Waals surface area (Å²) in [6.45, 7) is -0.157. The number of hydrogen-bond donors (Lipinski definition) is 2. The van der Waals surface area contributed by atoms with Crippen molar-refractivity contribution in [3.8, 4) is 5.75 Å². The molecule has 4 nitrogen and oxygen atoms in total. The van der Waals surface area contributed by atoms with Crippen LogP contribution < -0.4 is 16.0 Å². The number of carbonyl (C=O) groups is 1. The molecular formula is C8H7Br2ClN2O2. The van der Waals surface area contributed by atoms with Crippen molar-refractivity contribution in [1.29, 1.82) is 0 Å². The Balaban J connectivity index is 2.81. The van der Waals surface area contributed by atoms with Crippen LogP contribution in [0.3, 0.4) is 0 Å². The molecule has 82 valence electrons. The number of hydrazine groups is 1. The molecule has 0 radical (unpaired) electrons. The highest BCUT2D eigenvalue weighted by Crippen LogP contribution is 2.36. The first kappa shape index (κ1) is 12.8. The second kappa shape index (κ2) is 5.69. The highest BCUT2D eigenvalue weighted by Gasteiger charge is 2.09. The highest BCUT2D eigenvalue weighted by molar-refractivity contribution is 9.11. The number of halogens is 3. The molecule has 0 aromatic heterocycles. The Morgan fingerprint density at radius 1 is 1.47 bits per heavy atom. The Labute approximate surface area is 108 Å². The fraction of sp³-hybridized carbons (Fsp3) is 0.125. The van der Waals surface area contributed by atoms with Crippen molar-refractivity contribution in [3.63, 3.8) is 0 Å². The van der Waals surface area contributed by atoms with E-state index in [1.165, 1.54) is 0 Å². The Kier molecular flexibility index (Phi) is 4.85. The van der Waals surface area contributed by atoms with E-state index in [1.807, 2.05) is 5.43 Å². The third-order valence-electron chi connectivity index (χ3n) is 1.47. The molecule has 3 N–H and O–H groups in total. The molecule has 15 heavy (non-hydrogen) atoms. The first-order chi connectivity index (χ1) is 7.04.